The van der Waals surface area contributed by atoms with E-state index in [9.17, 15) is 14.4 Å². The van der Waals surface area contributed by atoms with Crippen molar-refractivity contribution in [1.82, 2.24) is 20.1 Å². The molecule has 138 valence electrons. The molecular formula is C16H19ClN6O3. The highest BCUT2D eigenvalue weighted by atomic mass is 35.5. The number of likely N-dealkylation sites (tertiary alicyclic amines) is 1. The summed E-state index contributed by atoms with van der Waals surface area (Å²) in [5.41, 5.74) is 6.89. The first-order valence-corrected chi connectivity index (χ1v) is 7.91. The second-order valence-electron chi connectivity index (χ2n) is 5.62. The van der Waals surface area contributed by atoms with Crippen molar-refractivity contribution in [2.24, 2.45) is 5.73 Å². The van der Waals surface area contributed by atoms with Crippen LogP contribution in [0.1, 0.15) is 25.1 Å². The molecule has 0 bridgehead atoms. The lowest BCUT2D eigenvalue weighted by Gasteiger charge is -2.13. The van der Waals surface area contributed by atoms with E-state index in [-0.39, 0.29) is 62.5 Å². The molecule has 1 aromatic heterocycles. The molecule has 0 saturated carbocycles. The molecule has 1 fully saturated rings. The first kappa shape index (κ1) is 19.5. The predicted octanol–water partition coefficient (Wildman–Crippen LogP) is 0.830. The van der Waals surface area contributed by atoms with Gasteiger partial charge in [0.1, 0.15) is 5.82 Å². The number of nitrogens with two attached hydrogens (primary N) is 1. The topological polar surface area (TPSA) is 134 Å². The monoisotopic (exact) mass is 378 g/mol. The third kappa shape index (κ3) is 4.44. The lowest BCUT2D eigenvalue weighted by atomic mass is 10.2. The van der Waals surface area contributed by atoms with Crippen LogP contribution in [0.15, 0.2) is 24.3 Å². The van der Waals surface area contributed by atoms with Crippen LogP contribution in [0.5, 0.6) is 0 Å². The Morgan fingerprint density at radius 2 is 1.85 bits per heavy atom. The number of anilines is 1. The van der Waals surface area contributed by atoms with E-state index in [2.05, 4.69) is 20.5 Å². The SMILES string of the molecule is Cl.NCc1nc(-c2ccc(NC(=O)CCN3C(=O)CCC3=O)cc2)n[nH]1. The fraction of sp³-hybridized carbons (Fsp3) is 0.312. The van der Waals surface area contributed by atoms with Gasteiger partial charge in [-0.2, -0.15) is 5.10 Å². The smallest absolute Gasteiger partial charge is 0.229 e. The van der Waals surface area contributed by atoms with Crippen LogP contribution in [-0.4, -0.2) is 44.3 Å². The van der Waals surface area contributed by atoms with E-state index >= 15 is 0 Å². The summed E-state index contributed by atoms with van der Waals surface area (Å²) in [6, 6.07) is 7.04. The van der Waals surface area contributed by atoms with Crippen molar-refractivity contribution < 1.29 is 14.4 Å². The number of benzene rings is 1. The normalized spacial score (nSPS) is 13.7. The number of halogens is 1. The molecule has 1 aromatic carbocycles. The third-order valence-electron chi connectivity index (χ3n) is 3.87. The number of rotatable bonds is 6. The highest BCUT2D eigenvalue weighted by Crippen LogP contribution is 2.18. The van der Waals surface area contributed by atoms with Crippen LogP contribution >= 0.6 is 12.4 Å². The number of amides is 3. The van der Waals surface area contributed by atoms with Crippen LogP contribution in [-0.2, 0) is 20.9 Å². The zero-order valence-electron chi connectivity index (χ0n) is 13.9. The number of imide groups is 1. The molecule has 0 spiro atoms. The van der Waals surface area contributed by atoms with E-state index in [4.69, 9.17) is 5.73 Å². The molecule has 10 heteroatoms. The van der Waals surface area contributed by atoms with Gasteiger partial charge in [-0.15, -0.1) is 12.4 Å². The number of aromatic nitrogens is 3. The maximum atomic E-state index is 12.0. The van der Waals surface area contributed by atoms with Gasteiger partial charge in [0.05, 0.1) is 6.54 Å². The van der Waals surface area contributed by atoms with Gasteiger partial charge in [0.15, 0.2) is 5.82 Å². The van der Waals surface area contributed by atoms with Crippen molar-refractivity contribution in [3.63, 3.8) is 0 Å². The Hall–Kier alpha value is -2.78. The Balaban J connectivity index is 0.00000243. The molecule has 3 rings (SSSR count). The van der Waals surface area contributed by atoms with Gasteiger partial charge in [-0.25, -0.2) is 4.98 Å². The van der Waals surface area contributed by atoms with Crippen molar-refractivity contribution >= 4 is 35.8 Å². The summed E-state index contributed by atoms with van der Waals surface area (Å²) in [7, 11) is 0. The zero-order valence-corrected chi connectivity index (χ0v) is 14.7. The van der Waals surface area contributed by atoms with Gasteiger partial charge >= 0.3 is 0 Å². The van der Waals surface area contributed by atoms with E-state index in [0.717, 1.165) is 10.5 Å². The van der Waals surface area contributed by atoms with Crippen LogP contribution in [0.3, 0.4) is 0 Å². The number of hydrogen-bond donors (Lipinski definition) is 3. The number of aromatic amines is 1. The average Bonchev–Trinajstić information content (AvgIpc) is 3.21. The highest BCUT2D eigenvalue weighted by molar-refractivity contribution is 6.02. The van der Waals surface area contributed by atoms with Gasteiger partial charge in [-0.3, -0.25) is 24.4 Å². The van der Waals surface area contributed by atoms with E-state index < -0.39 is 0 Å². The molecule has 0 radical (unpaired) electrons. The highest BCUT2D eigenvalue weighted by Gasteiger charge is 2.28. The minimum absolute atomic E-state index is 0. The fourth-order valence-corrected chi connectivity index (χ4v) is 2.53. The van der Waals surface area contributed by atoms with Crippen LogP contribution in [0.25, 0.3) is 11.4 Å². The van der Waals surface area contributed by atoms with Gasteiger partial charge in [-0.1, -0.05) is 0 Å². The summed E-state index contributed by atoms with van der Waals surface area (Å²) >= 11 is 0. The van der Waals surface area contributed by atoms with Crippen molar-refractivity contribution in [3.8, 4) is 11.4 Å². The molecular weight excluding hydrogens is 360 g/mol. The molecule has 1 aliphatic heterocycles. The molecule has 0 atom stereocenters. The quantitative estimate of drug-likeness (QED) is 0.637. The number of nitrogens with zero attached hydrogens (tertiary/aromatic N) is 3. The molecule has 2 aromatic rings. The molecule has 2 heterocycles. The van der Waals surface area contributed by atoms with Gasteiger partial charge < -0.3 is 11.1 Å². The Kier molecular flexibility index (Phi) is 6.42. The van der Waals surface area contributed by atoms with E-state index in [1.165, 1.54) is 0 Å². The van der Waals surface area contributed by atoms with Crippen molar-refractivity contribution in [3.05, 3.63) is 30.1 Å². The lowest BCUT2D eigenvalue weighted by Crippen LogP contribution is -2.32. The Labute approximate surface area is 155 Å². The summed E-state index contributed by atoms with van der Waals surface area (Å²) in [5, 5.41) is 9.53. The standard InChI is InChI=1S/C16H18N6O3.ClH/c17-9-12-19-16(21-20-12)10-1-3-11(4-2-10)18-13(23)7-8-22-14(24)5-6-15(22)25;/h1-4H,5-9,17H2,(H,18,23)(H,19,20,21);1H. The van der Waals surface area contributed by atoms with Gasteiger partial charge in [0, 0.05) is 37.1 Å². The second-order valence-corrected chi connectivity index (χ2v) is 5.62. The number of carbonyl (C=O) groups excluding carboxylic acids is 3. The molecule has 3 amide bonds. The lowest BCUT2D eigenvalue weighted by molar-refractivity contribution is -0.138. The first-order chi connectivity index (χ1) is 12.1. The average molecular weight is 379 g/mol. The van der Waals surface area contributed by atoms with Crippen molar-refractivity contribution in [2.75, 3.05) is 11.9 Å². The minimum Gasteiger partial charge on any atom is -0.326 e. The van der Waals surface area contributed by atoms with Crippen LogP contribution in [0.4, 0.5) is 5.69 Å². The van der Waals surface area contributed by atoms with Crippen molar-refractivity contribution in [2.45, 2.75) is 25.8 Å². The molecule has 1 aliphatic rings. The molecule has 0 aliphatic carbocycles. The Bertz CT molecular complexity index is 789. The minimum atomic E-state index is -0.261. The fourth-order valence-electron chi connectivity index (χ4n) is 2.53. The van der Waals surface area contributed by atoms with Crippen LogP contribution < -0.4 is 11.1 Å². The van der Waals surface area contributed by atoms with Crippen molar-refractivity contribution in [1.29, 1.82) is 0 Å². The number of hydrogen-bond acceptors (Lipinski definition) is 6. The van der Waals surface area contributed by atoms with E-state index in [1.807, 2.05) is 0 Å². The molecule has 0 unspecified atom stereocenters. The molecule has 1 saturated heterocycles. The summed E-state index contributed by atoms with van der Waals surface area (Å²) < 4.78 is 0. The number of carbonyl (C=O) groups is 3. The summed E-state index contributed by atoms with van der Waals surface area (Å²) in [6.07, 6.45) is 0.532. The van der Waals surface area contributed by atoms with Gasteiger partial charge in [0.2, 0.25) is 17.7 Å². The molecule has 26 heavy (non-hydrogen) atoms. The predicted molar refractivity (Wildman–Crippen MR) is 96.2 cm³/mol. The number of H-pyrrole nitrogens is 1. The third-order valence-corrected chi connectivity index (χ3v) is 3.87. The van der Waals surface area contributed by atoms with E-state index in [0.29, 0.717) is 17.3 Å². The van der Waals surface area contributed by atoms with Crippen LogP contribution in [0.2, 0.25) is 0 Å². The maximum absolute atomic E-state index is 12.0. The second kappa shape index (κ2) is 8.54. The van der Waals surface area contributed by atoms with Crippen LogP contribution in [0, 0.1) is 0 Å². The van der Waals surface area contributed by atoms with Gasteiger partial charge in [0.25, 0.3) is 0 Å². The first-order valence-electron chi connectivity index (χ1n) is 7.91. The summed E-state index contributed by atoms with van der Waals surface area (Å²) in [4.78, 5) is 40.3. The maximum Gasteiger partial charge on any atom is 0.229 e. The zero-order chi connectivity index (χ0) is 17.8. The summed E-state index contributed by atoms with van der Waals surface area (Å²) in [5.74, 6) is 0.433. The summed E-state index contributed by atoms with van der Waals surface area (Å²) in [6.45, 7) is 0.393. The van der Waals surface area contributed by atoms with Gasteiger partial charge in [-0.05, 0) is 24.3 Å². The Morgan fingerprint density at radius 1 is 1.19 bits per heavy atom. The number of nitrogens with one attached hydrogen (secondary N) is 2. The molecule has 9 nitrogen and oxygen atoms in total. The van der Waals surface area contributed by atoms with E-state index in [1.54, 1.807) is 24.3 Å². The Morgan fingerprint density at radius 3 is 2.42 bits per heavy atom. The molecule has 4 N–H and O–H groups in total. The largest absolute Gasteiger partial charge is 0.326 e.